The fourth-order valence-corrected chi connectivity index (χ4v) is 2.30. The maximum Gasteiger partial charge on any atom is 0.123 e. The molecule has 100 valence electrons. The first-order valence-electron chi connectivity index (χ1n) is 6.34. The second-order valence-corrected chi connectivity index (χ2v) is 5.63. The second kappa shape index (κ2) is 5.47. The molecule has 2 rings (SSSR count). The molecular weight excluding hydrogens is 248 g/mol. The lowest BCUT2D eigenvalue weighted by Crippen LogP contribution is -2.29. The fraction of sp³-hybridized carbons (Fsp3) is 0.571. The number of ether oxygens (including phenoxy) is 1. The van der Waals surface area contributed by atoms with Crippen LogP contribution >= 0.6 is 11.6 Å². The number of hydrogen-bond acceptors (Lipinski definition) is 3. The van der Waals surface area contributed by atoms with Crippen molar-refractivity contribution in [1.29, 1.82) is 0 Å². The highest BCUT2D eigenvalue weighted by atomic mass is 35.5. The van der Waals surface area contributed by atoms with E-state index in [1.165, 1.54) is 12.8 Å². The van der Waals surface area contributed by atoms with Crippen LogP contribution in [0.1, 0.15) is 24.0 Å². The van der Waals surface area contributed by atoms with E-state index in [0.717, 1.165) is 41.5 Å². The van der Waals surface area contributed by atoms with Crippen molar-refractivity contribution in [2.75, 3.05) is 20.2 Å². The molecule has 0 radical (unpaired) electrons. The highest BCUT2D eigenvalue weighted by Crippen LogP contribution is 2.43. The van der Waals surface area contributed by atoms with Gasteiger partial charge < -0.3 is 15.8 Å². The van der Waals surface area contributed by atoms with Crippen LogP contribution < -0.4 is 15.8 Å². The summed E-state index contributed by atoms with van der Waals surface area (Å²) in [5, 5.41) is 4.24. The highest BCUT2D eigenvalue weighted by Gasteiger charge is 2.40. The molecular formula is C14H21ClN2O. The van der Waals surface area contributed by atoms with Gasteiger partial charge in [-0.1, -0.05) is 11.6 Å². The number of halogens is 1. The van der Waals surface area contributed by atoms with Crippen molar-refractivity contribution in [2.24, 2.45) is 11.1 Å². The smallest absolute Gasteiger partial charge is 0.123 e. The molecule has 1 aromatic rings. The number of benzene rings is 1. The van der Waals surface area contributed by atoms with Gasteiger partial charge in [-0.3, -0.25) is 0 Å². The molecule has 0 saturated heterocycles. The third-order valence-corrected chi connectivity index (χ3v) is 4.17. The molecule has 0 unspecified atom stereocenters. The normalized spacial score (nSPS) is 16.7. The molecule has 0 spiro atoms. The Bertz CT molecular complexity index is 430. The molecule has 1 saturated carbocycles. The second-order valence-electron chi connectivity index (χ2n) is 5.22. The molecule has 0 heterocycles. The Balaban J connectivity index is 1.98. The number of aryl methyl sites for hydroxylation is 1. The lowest BCUT2D eigenvalue weighted by molar-refractivity contribution is 0.404. The predicted molar refractivity (Wildman–Crippen MR) is 75.2 cm³/mol. The molecule has 18 heavy (non-hydrogen) atoms. The SMILES string of the molecule is COc1cc(C)c(Cl)cc1CNCC1(CN)CC1. The van der Waals surface area contributed by atoms with E-state index in [-0.39, 0.29) is 0 Å². The maximum atomic E-state index is 6.15. The zero-order valence-corrected chi connectivity index (χ0v) is 11.8. The van der Waals surface area contributed by atoms with E-state index >= 15 is 0 Å². The first-order valence-corrected chi connectivity index (χ1v) is 6.72. The minimum absolute atomic E-state index is 0.349. The molecule has 1 fully saturated rings. The monoisotopic (exact) mass is 268 g/mol. The number of nitrogens with two attached hydrogens (primary N) is 1. The lowest BCUT2D eigenvalue weighted by Gasteiger charge is -2.15. The molecule has 1 aliphatic carbocycles. The molecule has 0 bridgehead atoms. The van der Waals surface area contributed by atoms with E-state index < -0.39 is 0 Å². The van der Waals surface area contributed by atoms with Crippen LogP contribution in [0.5, 0.6) is 5.75 Å². The van der Waals surface area contributed by atoms with Crippen LogP contribution in [0.2, 0.25) is 5.02 Å². The average molecular weight is 269 g/mol. The third-order valence-electron chi connectivity index (χ3n) is 3.77. The summed E-state index contributed by atoms with van der Waals surface area (Å²) >= 11 is 6.15. The lowest BCUT2D eigenvalue weighted by atomic mass is 10.1. The van der Waals surface area contributed by atoms with Crippen LogP contribution in [0.15, 0.2) is 12.1 Å². The van der Waals surface area contributed by atoms with Crippen molar-refractivity contribution in [3.05, 3.63) is 28.3 Å². The topological polar surface area (TPSA) is 47.3 Å². The van der Waals surface area contributed by atoms with Gasteiger partial charge in [0.15, 0.2) is 0 Å². The summed E-state index contributed by atoms with van der Waals surface area (Å²) in [6.45, 7) is 4.49. The van der Waals surface area contributed by atoms with Gasteiger partial charge in [-0.15, -0.1) is 0 Å². The van der Waals surface area contributed by atoms with Gasteiger partial charge in [0.05, 0.1) is 7.11 Å². The van der Waals surface area contributed by atoms with E-state index in [1.54, 1.807) is 7.11 Å². The minimum Gasteiger partial charge on any atom is -0.496 e. The summed E-state index contributed by atoms with van der Waals surface area (Å²) in [7, 11) is 1.69. The molecule has 0 atom stereocenters. The molecule has 0 aliphatic heterocycles. The van der Waals surface area contributed by atoms with Gasteiger partial charge in [0.2, 0.25) is 0 Å². The molecule has 4 heteroatoms. The van der Waals surface area contributed by atoms with Crippen LogP contribution in [0.3, 0.4) is 0 Å². The Morgan fingerprint density at radius 1 is 1.44 bits per heavy atom. The van der Waals surface area contributed by atoms with Crippen LogP contribution in [-0.4, -0.2) is 20.2 Å². The van der Waals surface area contributed by atoms with E-state index in [4.69, 9.17) is 22.1 Å². The van der Waals surface area contributed by atoms with Crippen molar-refractivity contribution >= 4 is 11.6 Å². The van der Waals surface area contributed by atoms with Crippen molar-refractivity contribution < 1.29 is 4.74 Å². The quantitative estimate of drug-likeness (QED) is 0.833. The molecule has 3 N–H and O–H groups in total. The Morgan fingerprint density at radius 3 is 2.72 bits per heavy atom. The largest absolute Gasteiger partial charge is 0.496 e. The van der Waals surface area contributed by atoms with Gasteiger partial charge in [0.25, 0.3) is 0 Å². The number of hydrogen-bond donors (Lipinski definition) is 2. The van der Waals surface area contributed by atoms with Crippen molar-refractivity contribution in [3.8, 4) is 5.75 Å². The molecule has 0 amide bonds. The van der Waals surface area contributed by atoms with E-state index in [2.05, 4.69) is 5.32 Å². The maximum absolute atomic E-state index is 6.15. The van der Waals surface area contributed by atoms with Gasteiger partial charge in [-0.25, -0.2) is 0 Å². The Morgan fingerprint density at radius 2 is 2.17 bits per heavy atom. The summed E-state index contributed by atoms with van der Waals surface area (Å²) in [6, 6.07) is 3.96. The zero-order valence-electron chi connectivity index (χ0n) is 11.1. The summed E-state index contributed by atoms with van der Waals surface area (Å²) in [4.78, 5) is 0. The first kappa shape index (κ1) is 13.7. The van der Waals surface area contributed by atoms with Crippen LogP contribution in [0.4, 0.5) is 0 Å². The van der Waals surface area contributed by atoms with Crippen molar-refractivity contribution in [1.82, 2.24) is 5.32 Å². The van der Waals surface area contributed by atoms with Gasteiger partial charge in [-0.05, 0) is 49.4 Å². The van der Waals surface area contributed by atoms with Crippen LogP contribution in [0.25, 0.3) is 0 Å². The minimum atomic E-state index is 0.349. The van der Waals surface area contributed by atoms with Gasteiger partial charge in [0.1, 0.15) is 5.75 Å². The standard InChI is InChI=1S/C14H21ClN2O/c1-10-5-13(18-2)11(6-12(10)15)7-17-9-14(8-16)3-4-14/h5-6,17H,3-4,7-9,16H2,1-2H3. The van der Waals surface area contributed by atoms with Crippen molar-refractivity contribution in [3.63, 3.8) is 0 Å². The van der Waals surface area contributed by atoms with Crippen LogP contribution in [-0.2, 0) is 6.54 Å². The Labute approximate surface area is 114 Å². The Kier molecular flexibility index (Phi) is 4.15. The molecule has 0 aromatic heterocycles. The predicted octanol–water partition coefficient (Wildman–Crippen LogP) is 2.49. The summed E-state index contributed by atoms with van der Waals surface area (Å²) < 4.78 is 5.38. The van der Waals surface area contributed by atoms with Crippen LogP contribution in [0, 0.1) is 12.3 Å². The van der Waals surface area contributed by atoms with E-state index in [0.29, 0.717) is 5.41 Å². The number of nitrogens with one attached hydrogen (secondary N) is 1. The summed E-state index contributed by atoms with van der Waals surface area (Å²) in [6.07, 6.45) is 2.48. The average Bonchev–Trinajstić information content (AvgIpc) is 3.14. The molecule has 3 nitrogen and oxygen atoms in total. The summed E-state index contributed by atoms with van der Waals surface area (Å²) in [5.41, 5.74) is 8.25. The van der Waals surface area contributed by atoms with Gasteiger partial charge in [0, 0.05) is 23.7 Å². The number of rotatable bonds is 6. The van der Waals surface area contributed by atoms with E-state index in [1.807, 2.05) is 19.1 Å². The third kappa shape index (κ3) is 2.97. The zero-order chi connectivity index (χ0) is 13.2. The van der Waals surface area contributed by atoms with Gasteiger partial charge in [-0.2, -0.15) is 0 Å². The summed E-state index contributed by atoms with van der Waals surface area (Å²) in [5.74, 6) is 0.891. The Hall–Kier alpha value is -0.770. The first-order chi connectivity index (χ1) is 8.60. The van der Waals surface area contributed by atoms with Crippen molar-refractivity contribution in [2.45, 2.75) is 26.3 Å². The van der Waals surface area contributed by atoms with Gasteiger partial charge >= 0.3 is 0 Å². The highest BCUT2D eigenvalue weighted by molar-refractivity contribution is 6.31. The van der Waals surface area contributed by atoms with E-state index in [9.17, 15) is 0 Å². The number of methoxy groups -OCH3 is 1. The fourth-order valence-electron chi connectivity index (χ4n) is 2.12. The molecule has 1 aliphatic rings. The molecule has 1 aromatic carbocycles.